The highest BCUT2D eigenvalue weighted by atomic mass is 127. The van der Waals surface area contributed by atoms with Crippen LogP contribution < -0.4 is 4.74 Å². The zero-order valence-corrected chi connectivity index (χ0v) is 26.5. The van der Waals surface area contributed by atoms with Crippen molar-refractivity contribution in [2.45, 2.75) is 91.3 Å². The van der Waals surface area contributed by atoms with Crippen LogP contribution in [0.3, 0.4) is 0 Å². The molecule has 0 unspecified atom stereocenters. The lowest BCUT2D eigenvalue weighted by molar-refractivity contribution is 0.0169. The molecule has 0 spiro atoms. The number of carbonyl (C=O) groups is 2. The Balaban J connectivity index is 0.000000281. The molecule has 38 heavy (non-hydrogen) atoms. The molecule has 0 N–H and O–H groups in total. The molecular formula is C30H49IN2O5. The average Bonchev–Trinajstić information content (AvgIpc) is 2.84. The standard InChI is InChI=1S/C18H27NO3.C12H22INO2/c1-18(2,3)22-17(20)19-12-9-15(10-13-19)11-14-21-16-7-5-4-6-8-16;1-12(2,3)16-11(15)14-8-5-10(4-7-13)6-9-14/h4-8,15H,9-14H2,1-3H3;10H,4-9H2,1-3H3. The van der Waals surface area contributed by atoms with E-state index in [1.165, 1.54) is 10.8 Å². The van der Waals surface area contributed by atoms with Crippen LogP contribution in [0.2, 0.25) is 0 Å². The topological polar surface area (TPSA) is 68.3 Å². The minimum atomic E-state index is -0.419. The zero-order chi connectivity index (χ0) is 28.2. The van der Waals surface area contributed by atoms with Crippen molar-refractivity contribution in [3.8, 4) is 5.75 Å². The summed E-state index contributed by atoms with van der Waals surface area (Å²) in [5.41, 5.74) is -0.798. The zero-order valence-electron chi connectivity index (χ0n) is 24.3. The first-order valence-electron chi connectivity index (χ1n) is 14.1. The maximum atomic E-state index is 12.0. The van der Waals surface area contributed by atoms with Gasteiger partial charge in [-0.15, -0.1) is 0 Å². The number of benzene rings is 1. The number of rotatable bonds is 6. The van der Waals surface area contributed by atoms with E-state index in [0.717, 1.165) is 76.6 Å². The van der Waals surface area contributed by atoms with Gasteiger partial charge in [-0.1, -0.05) is 40.8 Å². The highest BCUT2D eigenvalue weighted by Gasteiger charge is 2.27. The second-order valence-corrected chi connectivity index (χ2v) is 13.3. The molecule has 0 bridgehead atoms. The molecule has 2 fully saturated rings. The minimum absolute atomic E-state index is 0.152. The van der Waals surface area contributed by atoms with E-state index in [1.807, 2.05) is 81.7 Å². The van der Waals surface area contributed by atoms with Crippen molar-refractivity contribution in [2.75, 3.05) is 37.2 Å². The van der Waals surface area contributed by atoms with Crippen molar-refractivity contribution in [1.29, 1.82) is 0 Å². The molecule has 0 atom stereocenters. The molecule has 2 saturated heterocycles. The van der Waals surface area contributed by atoms with E-state index < -0.39 is 5.60 Å². The Morgan fingerprint density at radius 2 is 1.18 bits per heavy atom. The summed E-state index contributed by atoms with van der Waals surface area (Å²) in [4.78, 5) is 27.4. The number of amides is 2. The van der Waals surface area contributed by atoms with E-state index in [2.05, 4.69) is 22.6 Å². The third-order valence-electron chi connectivity index (χ3n) is 6.59. The Kier molecular flexibility index (Phi) is 13.5. The van der Waals surface area contributed by atoms with Crippen LogP contribution in [0.5, 0.6) is 5.75 Å². The number of hydrogen-bond donors (Lipinski definition) is 0. The molecule has 0 aliphatic carbocycles. The van der Waals surface area contributed by atoms with Gasteiger partial charge in [0.1, 0.15) is 17.0 Å². The molecular weight excluding hydrogens is 595 g/mol. The number of nitrogens with zero attached hydrogens (tertiary/aromatic N) is 2. The Labute approximate surface area is 244 Å². The molecule has 0 radical (unpaired) electrons. The Hall–Kier alpha value is -1.71. The number of likely N-dealkylation sites (tertiary alicyclic amines) is 2. The van der Waals surface area contributed by atoms with Gasteiger partial charge in [0, 0.05) is 26.2 Å². The van der Waals surface area contributed by atoms with Gasteiger partial charge in [0.05, 0.1) is 6.61 Å². The van der Waals surface area contributed by atoms with Crippen LogP contribution in [0.15, 0.2) is 30.3 Å². The van der Waals surface area contributed by atoms with E-state index in [1.54, 1.807) is 0 Å². The summed E-state index contributed by atoms with van der Waals surface area (Å²) >= 11 is 2.42. The normalized spacial score (nSPS) is 17.3. The maximum Gasteiger partial charge on any atom is 0.410 e. The fraction of sp³-hybridized carbons (Fsp3) is 0.733. The van der Waals surface area contributed by atoms with E-state index in [9.17, 15) is 9.59 Å². The molecule has 0 aromatic heterocycles. The first-order chi connectivity index (χ1) is 17.9. The number of hydrogen-bond acceptors (Lipinski definition) is 5. The van der Waals surface area contributed by atoms with Crippen LogP contribution in [0.1, 0.15) is 80.1 Å². The van der Waals surface area contributed by atoms with E-state index in [4.69, 9.17) is 14.2 Å². The summed E-state index contributed by atoms with van der Waals surface area (Å²) < 4.78 is 17.7. The lowest BCUT2D eigenvalue weighted by atomic mass is 9.94. The summed E-state index contributed by atoms with van der Waals surface area (Å²) in [6.07, 6.45) is 6.28. The average molecular weight is 645 g/mol. The third-order valence-corrected chi connectivity index (χ3v) is 7.21. The quantitative estimate of drug-likeness (QED) is 0.236. The van der Waals surface area contributed by atoms with Crippen molar-refractivity contribution < 1.29 is 23.8 Å². The van der Waals surface area contributed by atoms with Crippen LogP contribution in [-0.4, -0.2) is 70.4 Å². The summed E-state index contributed by atoms with van der Waals surface area (Å²) in [5.74, 6) is 2.35. The van der Waals surface area contributed by atoms with Crippen molar-refractivity contribution in [3.05, 3.63) is 30.3 Å². The van der Waals surface area contributed by atoms with Gasteiger partial charge in [0.2, 0.25) is 0 Å². The van der Waals surface area contributed by atoms with Gasteiger partial charge in [-0.2, -0.15) is 0 Å². The maximum absolute atomic E-state index is 12.0. The number of ether oxygens (including phenoxy) is 3. The van der Waals surface area contributed by atoms with Gasteiger partial charge in [-0.25, -0.2) is 9.59 Å². The van der Waals surface area contributed by atoms with Gasteiger partial charge >= 0.3 is 12.2 Å². The number of piperidine rings is 2. The SMILES string of the molecule is CC(C)(C)OC(=O)N1CCC(CCI)CC1.CC(C)(C)OC(=O)N1CCC(CCOc2ccccc2)CC1. The Morgan fingerprint density at radius 1 is 0.763 bits per heavy atom. The number of para-hydroxylation sites is 1. The molecule has 1 aromatic carbocycles. The molecule has 7 nitrogen and oxygen atoms in total. The molecule has 1 aromatic rings. The fourth-order valence-corrected chi connectivity index (χ4v) is 5.36. The van der Waals surface area contributed by atoms with Crippen molar-refractivity contribution in [3.63, 3.8) is 0 Å². The molecule has 0 saturated carbocycles. The molecule has 2 aliphatic heterocycles. The molecule has 2 amide bonds. The summed E-state index contributed by atoms with van der Waals surface area (Å²) in [6, 6.07) is 9.90. The molecule has 216 valence electrons. The lowest BCUT2D eigenvalue weighted by Crippen LogP contribution is -2.41. The third kappa shape index (κ3) is 13.4. The lowest BCUT2D eigenvalue weighted by Gasteiger charge is -2.33. The Morgan fingerprint density at radius 3 is 1.58 bits per heavy atom. The van der Waals surface area contributed by atoms with Gasteiger partial charge in [0.15, 0.2) is 0 Å². The minimum Gasteiger partial charge on any atom is -0.494 e. The van der Waals surface area contributed by atoms with E-state index in [0.29, 0.717) is 5.92 Å². The smallest absolute Gasteiger partial charge is 0.410 e. The van der Waals surface area contributed by atoms with Gasteiger partial charge < -0.3 is 24.0 Å². The van der Waals surface area contributed by atoms with Gasteiger partial charge in [-0.05, 0) is 108 Å². The van der Waals surface area contributed by atoms with Crippen LogP contribution in [0.25, 0.3) is 0 Å². The first kappa shape index (κ1) is 32.5. The van der Waals surface area contributed by atoms with Gasteiger partial charge in [0.25, 0.3) is 0 Å². The monoisotopic (exact) mass is 644 g/mol. The predicted octanol–water partition coefficient (Wildman–Crippen LogP) is 7.56. The second-order valence-electron chi connectivity index (χ2n) is 12.2. The highest BCUT2D eigenvalue weighted by molar-refractivity contribution is 14.1. The number of carbonyl (C=O) groups excluding carboxylic acids is 2. The van der Waals surface area contributed by atoms with Crippen LogP contribution in [-0.2, 0) is 9.47 Å². The summed E-state index contributed by atoms with van der Waals surface area (Å²) in [6.45, 7) is 15.5. The van der Waals surface area contributed by atoms with E-state index in [-0.39, 0.29) is 17.8 Å². The fourth-order valence-electron chi connectivity index (χ4n) is 4.48. The van der Waals surface area contributed by atoms with Crippen molar-refractivity contribution >= 4 is 34.8 Å². The number of halogens is 1. The number of alkyl halides is 1. The predicted molar refractivity (Wildman–Crippen MR) is 161 cm³/mol. The second kappa shape index (κ2) is 15.8. The van der Waals surface area contributed by atoms with Crippen LogP contribution in [0, 0.1) is 11.8 Å². The Bertz CT molecular complexity index is 821. The molecule has 2 aliphatic rings. The summed E-state index contributed by atoms with van der Waals surface area (Å²) in [7, 11) is 0. The molecule has 8 heteroatoms. The largest absolute Gasteiger partial charge is 0.494 e. The van der Waals surface area contributed by atoms with Gasteiger partial charge in [-0.3, -0.25) is 0 Å². The summed E-state index contributed by atoms with van der Waals surface area (Å²) in [5, 5.41) is 0. The highest BCUT2D eigenvalue weighted by Crippen LogP contribution is 2.24. The molecule has 3 rings (SSSR count). The van der Waals surface area contributed by atoms with Crippen molar-refractivity contribution in [2.24, 2.45) is 11.8 Å². The van der Waals surface area contributed by atoms with Crippen molar-refractivity contribution in [1.82, 2.24) is 9.80 Å². The first-order valence-corrected chi connectivity index (χ1v) is 15.6. The van der Waals surface area contributed by atoms with E-state index >= 15 is 0 Å². The molecule has 2 heterocycles. The van der Waals surface area contributed by atoms with Crippen LogP contribution in [0.4, 0.5) is 9.59 Å². The van der Waals surface area contributed by atoms with Crippen LogP contribution >= 0.6 is 22.6 Å².